The summed E-state index contributed by atoms with van der Waals surface area (Å²) in [6.07, 6.45) is 14.2. The third kappa shape index (κ3) is 7.88. The Morgan fingerprint density at radius 1 is 0.791 bits per heavy atom. The number of nitrogens with zero attached hydrogens (tertiary/aromatic N) is 11. The smallest absolute Gasteiger partial charge is 0.260 e. The van der Waals surface area contributed by atoms with Crippen LogP contribution in [0.1, 0.15) is 66.9 Å². The van der Waals surface area contributed by atoms with Crippen LogP contribution in [-0.4, -0.2) is 120 Å². The summed E-state index contributed by atoms with van der Waals surface area (Å²) < 4.78 is 48.0. The van der Waals surface area contributed by atoms with E-state index in [1.54, 1.807) is 33.9 Å². The molecule has 16 nitrogen and oxygen atoms in total. The normalized spacial score (nSPS) is 23.2. The van der Waals surface area contributed by atoms with E-state index < -0.39 is 35.1 Å². The van der Waals surface area contributed by atoms with E-state index in [0.29, 0.717) is 83.9 Å². The second kappa shape index (κ2) is 17.1. The number of fused-ring (bicyclic) bond motifs is 3. The highest BCUT2D eigenvalue weighted by molar-refractivity contribution is 6.01. The van der Waals surface area contributed by atoms with Gasteiger partial charge in [-0.15, -0.1) is 0 Å². The van der Waals surface area contributed by atoms with Gasteiger partial charge < -0.3 is 20.0 Å². The van der Waals surface area contributed by atoms with Crippen molar-refractivity contribution in [3.63, 3.8) is 0 Å². The average molecular weight is 910 g/mol. The number of halogens is 3. The van der Waals surface area contributed by atoms with Crippen molar-refractivity contribution in [2.24, 2.45) is 0 Å². The minimum absolute atomic E-state index is 0.197. The highest BCUT2D eigenvalue weighted by Crippen LogP contribution is 2.38. The Kier molecular flexibility index (Phi) is 10.8. The van der Waals surface area contributed by atoms with Gasteiger partial charge in [0, 0.05) is 80.9 Å². The zero-order valence-corrected chi connectivity index (χ0v) is 36.4. The molecule has 3 amide bonds. The lowest BCUT2D eigenvalue weighted by molar-refractivity contribution is -0.133. The minimum Gasteiger partial charge on any atom is -0.374 e. The molecule has 67 heavy (non-hydrogen) atoms. The van der Waals surface area contributed by atoms with Crippen LogP contribution in [0.25, 0.3) is 28.0 Å². The van der Waals surface area contributed by atoms with Crippen LogP contribution in [0.2, 0.25) is 0 Å². The highest BCUT2D eigenvalue weighted by Gasteiger charge is 2.48. The Hall–Kier alpha value is -7.33. The summed E-state index contributed by atoms with van der Waals surface area (Å²) in [6, 6.07) is 14.1. The van der Waals surface area contributed by atoms with Crippen molar-refractivity contribution in [1.82, 2.24) is 44.5 Å². The van der Waals surface area contributed by atoms with Crippen LogP contribution in [0, 0.1) is 28.8 Å². The lowest BCUT2D eigenvalue weighted by Crippen LogP contribution is -2.70. The number of anilines is 3. The molecule has 0 spiro atoms. The Balaban J connectivity index is 0.718. The van der Waals surface area contributed by atoms with Crippen LogP contribution >= 0.6 is 0 Å². The maximum absolute atomic E-state index is 15.4. The van der Waals surface area contributed by atoms with Crippen molar-refractivity contribution in [1.29, 1.82) is 5.26 Å². The zero-order valence-electron chi connectivity index (χ0n) is 36.4. The van der Waals surface area contributed by atoms with Crippen LogP contribution in [-0.2, 0) is 9.59 Å². The van der Waals surface area contributed by atoms with Crippen molar-refractivity contribution >= 4 is 40.4 Å². The van der Waals surface area contributed by atoms with Crippen molar-refractivity contribution in [2.45, 2.75) is 75.2 Å². The first-order chi connectivity index (χ1) is 32.6. The topological polar surface area (TPSA) is 173 Å². The molecule has 2 bridgehead atoms. The molecule has 9 heterocycles. The van der Waals surface area contributed by atoms with Crippen molar-refractivity contribution in [3.8, 4) is 28.6 Å². The summed E-state index contributed by atoms with van der Waals surface area (Å²) in [7, 11) is 0. The summed E-state index contributed by atoms with van der Waals surface area (Å²) in [5.41, 5.74) is 4.15. The predicted molar refractivity (Wildman–Crippen MR) is 240 cm³/mol. The number of pyridine rings is 1. The van der Waals surface area contributed by atoms with Crippen LogP contribution < -0.4 is 20.4 Å². The van der Waals surface area contributed by atoms with Crippen molar-refractivity contribution < 1.29 is 27.6 Å². The molecule has 5 saturated heterocycles. The number of imide groups is 1. The Bertz CT molecular complexity index is 2920. The molecular weight excluding hydrogens is 864 g/mol. The average Bonchev–Trinajstić information content (AvgIpc) is 4.01. The molecule has 3 atom stereocenters. The molecule has 6 aromatic rings. The van der Waals surface area contributed by atoms with Crippen LogP contribution in [0.4, 0.5) is 30.4 Å². The van der Waals surface area contributed by atoms with Gasteiger partial charge in [0.25, 0.3) is 5.91 Å². The number of nitrogens with one attached hydrogen (secondary N) is 2. The molecule has 0 radical (unpaired) electrons. The quantitative estimate of drug-likeness (QED) is 0.173. The summed E-state index contributed by atoms with van der Waals surface area (Å²) in [5, 5.41) is 24.7. The summed E-state index contributed by atoms with van der Waals surface area (Å²) in [5.74, 6) is -2.70. The van der Waals surface area contributed by atoms with Gasteiger partial charge in [-0.2, -0.15) is 15.5 Å². The second-order valence-electron chi connectivity index (χ2n) is 18.1. The van der Waals surface area contributed by atoms with E-state index >= 15 is 4.39 Å². The Morgan fingerprint density at radius 2 is 1.55 bits per heavy atom. The number of aromatic nitrogens is 6. The second-order valence-corrected chi connectivity index (χ2v) is 18.1. The maximum Gasteiger partial charge on any atom is 0.260 e. The number of rotatable bonds is 9. The monoisotopic (exact) mass is 909 g/mol. The van der Waals surface area contributed by atoms with E-state index in [2.05, 4.69) is 36.5 Å². The number of benzene rings is 2. The van der Waals surface area contributed by atoms with Gasteiger partial charge in [0.2, 0.25) is 11.8 Å². The molecule has 4 aromatic heterocycles. The lowest BCUT2D eigenvalue weighted by Gasteiger charge is -2.56. The first-order valence-corrected chi connectivity index (χ1v) is 22.8. The molecule has 6 aliphatic rings. The van der Waals surface area contributed by atoms with Crippen molar-refractivity contribution in [3.05, 3.63) is 108 Å². The maximum atomic E-state index is 15.4. The van der Waals surface area contributed by atoms with E-state index in [0.717, 1.165) is 62.9 Å². The van der Waals surface area contributed by atoms with Gasteiger partial charge in [0.15, 0.2) is 0 Å². The van der Waals surface area contributed by atoms with Crippen LogP contribution in [0.15, 0.2) is 79.5 Å². The minimum atomic E-state index is -0.865. The number of carbonyl (C=O) groups is 3. The largest absolute Gasteiger partial charge is 0.374 e. The first-order valence-electron chi connectivity index (χ1n) is 22.8. The zero-order chi connectivity index (χ0) is 45.9. The highest BCUT2D eigenvalue weighted by atomic mass is 19.1. The molecule has 1 saturated carbocycles. The van der Waals surface area contributed by atoms with E-state index in [4.69, 9.17) is 15.1 Å². The molecule has 2 N–H and O–H groups in total. The fourth-order valence-electron chi connectivity index (χ4n) is 10.7. The lowest BCUT2D eigenvalue weighted by atomic mass is 9.86. The summed E-state index contributed by atoms with van der Waals surface area (Å²) in [6.45, 7) is 4.01. The fraction of sp³-hybridized carbons (Fsp3) is 0.375. The van der Waals surface area contributed by atoms with Gasteiger partial charge in [0.05, 0.1) is 53.8 Å². The molecule has 2 aromatic carbocycles. The van der Waals surface area contributed by atoms with Gasteiger partial charge in [-0.25, -0.2) is 27.7 Å². The van der Waals surface area contributed by atoms with Gasteiger partial charge >= 0.3 is 0 Å². The summed E-state index contributed by atoms with van der Waals surface area (Å²) >= 11 is 0. The molecular formula is C48H46F3N13O3. The number of piperazine rings is 2. The number of nitriles is 1. The van der Waals surface area contributed by atoms with Crippen LogP contribution in [0.3, 0.4) is 0 Å². The van der Waals surface area contributed by atoms with E-state index in [-0.39, 0.29) is 36.3 Å². The molecule has 1 aliphatic carbocycles. The molecule has 6 fully saturated rings. The number of piperidine rings is 2. The summed E-state index contributed by atoms with van der Waals surface area (Å²) in [4.78, 5) is 55.0. The number of hydrogen-bond acceptors (Lipinski definition) is 12. The van der Waals surface area contributed by atoms with Crippen LogP contribution in [0.5, 0.6) is 0 Å². The molecule has 19 heteroatoms. The molecule has 12 rings (SSSR count). The van der Waals surface area contributed by atoms with Gasteiger partial charge in [-0.3, -0.25) is 29.3 Å². The molecule has 342 valence electrons. The van der Waals surface area contributed by atoms with Gasteiger partial charge in [-0.05, 0) is 81.0 Å². The first kappa shape index (κ1) is 42.3. The van der Waals surface area contributed by atoms with Gasteiger partial charge in [-0.1, -0.05) is 6.07 Å². The Morgan fingerprint density at radius 3 is 2.25 bits per heavy atom. The third-order valence-electron chi connectivity index (χ3n) is 14.2. The molecule has 5 aliphatic heterocycles. The Labute approximate surface area is 383 Å². The fourth-order valence-corrected chi connectivity index (χ4v) is 10.7. The van der Waals surface area contributed by atoms with Crippen molar-refractivity contribution in [2.75, 3.05) is 54.4 Å². The number of amides is 3. The number of carbonyl (C=O) groups excluding carboxylic acids is 3. The van der Waals surface area contributed by atoms with E-state index in [1.807, 2.05) is 29.2 Å². The molecule has 2 unspecified atom stereocenters. The predicted octanol–water partition coefficient (Wildman–Crippen LogP) is 5.57. The SMILES string of the molecule is N#Cc1cnn2cc(-c3cnn([C@H]4CC[C@@H](N5CCN(c6ccc(N[C@H]7CCC(=O)NC7=O)cc6F)CC5)CC4)c3)nc(-c3ccc(N4CC5CC(C4)N5C(=O)c4c(F)cccc4F)nc3)c12. The number of hydrogen-bond donors (Lipinski definition) is 2. The van der Waals surface area contributed by atoms with E-state index in [1.165, 1.54) is 18.3 Å². The third-order valence-corrected chi connectivity index (χ3v) is 14.2. The standard InChI is InChI=1S/C48H46F3N13O3/c49-36-2-1-3-37(50)44(36)48(67)64-34-19-35(64)26-61(25-34)42-12-4-28(21-53-42)45-46-29(20-52)22-55-63(46)27-40(57-45)30-23-54-62(24-30)33-8-6-32(7-9-33)59-14-16-60(17-15-59)41-11-5-31(18-38(41)51)56-39-10-13-43(65)58-47(39)66/h1-5,11-12,18,21-24,27,32-35,39,56H,6-10,13-17,19,25-26H2,(H,58,65,66)/t32-,33+,34?,35?,39-/m0/s1. The van der Waals surface area contributed by atoms with E-state index in [9.17, 15) is 28.4 Å². The van der Waals surface area contributed by atoms with Gasteiger partial charge in [0.1, 0.15) is 52.0 Å².